The second kappa shape index (κ2) is 3.59. The summed E-state index contributed by atoms with van der Waals surface area (Å²) in [5.41, 5.74) is 0.903. The Morgan fingerprint density at radius 1 is 1.18 bits per heavy atom. The molecule has 17 heavy (non-hydrogen) atoms. The Labute approximate surface area is 104 Å². The zero-order chi connectivity index (χ0) is 12.3. The number of rotatable bonds is 1. The van der Waals surface area contributed by atoms with Gasteiger partial charge in [-0.05, 0) is 52.4 Å². The predicted octanol–water partition coefficient (Wildman–Crippen LogP) is 2.07. The molecule has 94 valence electrons. The summed E-state index contributed by atoms with van der Waals surface area (Å²) >= 11 is 0. The highest BCUT2D eigenvalue weighted by molar-refractivity contribution is 6.54. The Morgan fingerprint density at radius 3 is 2.41 bits per heavy atom. The van der Waals surface area contributed by atoms with Crippen LogP contribution in [0.3, 0.4) is 0 Å². The van der Waals surface area contributed by atoms with Crippen molar-refractivity contribution in [1.82, 2.24) is 5.32 Å². The van der Waals surface area contributed by atoms with Gasteiger partial charge < -0.3 is 14.6 Å². The van der Waals surface area contributed by atoms with E-state index in [9.17, 15) is 0 Å². The van der Waals surface area contributed by atoms with Crippen LogP contribution < -0.4 is 5.32 Å². The van der Waals surface area contributed by atoms with E-state index in [1.165, 1.54) is 18.3 Å². The number of nitrogens with one attached hydrogen (secondary N) is 1. The summed E-state index contributed by atoms with van der Waals surface area (Å²) in [6.45, 7) is 8.46. The van der Waals surface area contributed by atoms with Crippen molar-refractivity contribution >= 4 is 7.12 Å². The molecule has 3 aliphatic heterocycles. The summed E-state index contributed by atoms with van der Waals surface area (Å²) in [4.78, 5) is 0. The lowest BCUT2D eigenvalue weighted by Gasteiger charge is -2.32. The van der Waals surface area contributed by atoms with Crippen LogP contribution in [0.15, 0.2) is 11.5 Å². The van der Waals surface area contributed by atoms with E-state index in [1.54, 1.807) is 0 Å². The summed E-state index contributed by atoms with van der Waals surface area (Å²) in [7, 11) is -0.134. The monoisotopic (exact) mass is 235 g/mol. The average Bonchev–Trinajstić information content (AvgIpc) is 2.65. The molecule has 2 atom stereocenters. The summed E-state index contributed by atoms with van der Waals surface area (Å²) < 4.78 is 12.2. The van der Waals surface area contributed by atoms with Crippen LogP contribution in [0, 0.1) is 0 Å². The second-order valence-electron chi connectivity index (χ2n) is 6.58. The van der Waals surface area contributed by atoms with Crippen molar-refractivity contribution in [2.45, 2.75) is 70.2 Å². The lowest BCUT2D eigenvalue weighted by Crippen LogP contribution is -2.41. The van der Waals surface area contributed by atoms with Crippen molar-refractivity contribution in [2.24, 2.45) is 0 Å². The number of fused-ring (bicyclic) bond motifs is 2. The largest absolute Gasteiger partial charge is 0.490 e. The van der Waals surface area contributed by atoms with E-state index in [0.717, 1.165) is 6.42 Å². The lowest BCUT2D eigenvalue weighted by atomic mass is 9.73. The molecule has 0 saturated carbocycles. The summed E-state index contributed by atoms with van der Waals surface area (Å²) in [6, 6.07) is 1.18. The molecule has 0 aromatic heterocycles. The van der Waals surface area contributed by atoms with Crippen LogP contribution in [0.5, 0.6) is 0 Å². The van der Waals surface area contributed by atoms with Crippen molar-refractivity contribution in [3.8, 4) is 0 Å². The number of hydrogen-bond donors (Lipinski definition) is 1. The second-order valence-corrected chi connectivity index (χ2v) is 6.58. The normalized spacial score (nSPS) is 38.4. The van der Waals surface area contributed by atoms with Gasteiger partial charge in [0.2, 0.25) is 0 Å². The van der Waals surface area contributed by atoms with Crippen LogP contribution in [0.25, 0.3) is 0 Å². The van der Waals surface area contributed by atoms with Crippen LogP contribution >= 0.6 is 0 Å². The summed E-state index contributed by atoms with van der Waals surface area (Å²) in [5.74, 6) is 0. The van der Waals surface area contributed by atoms with Gasteiger partial charge in [0.15, 0.2) is 0 Å². The average molecular weight is 235 g/mol. The summed E-state index contributed by atoms with van der Waals surface area (Å²) in [6.07, 6.45) is 5.94. The molecule has 1 N–H and O–H groups in total. The van der Waals surface area contributed by atoms with E-state index in [1.807, 2.05) is 0 Å². The Bertz CT molecular complexity index is 348. The molecule has 4 heteroatoms. The maximum absolute atomic E-state index is 6.11. The fourth-order valence-electron chi connectivity index (χ4n) is 2.92. The van der Waals surface area contributed by atoms with Crippen LogP contribution in [0.4, 0.5) is 0 Å². The SMILES string of the molecule is CC1(C)OB(C2=CC3CCC(C2)N3)OC1(C)C. The summed E-state index contributed by atoms with van der Waals surface area (Å²) in [5, 5.41) is 3.60. The molecular weight excluding hydrogens is 213 g/mol. The van der Waals surface area contributed by atoms with E-state index in [2.05, 4.69) is 39.1 Å². The van der Waals surface area contributed by atoms with Crippen molar-refractivity contribution in [3.05, 3.63) is 11.5 Å². The fourth-order valence-corrected chi connectivity index (χ4v) is 2.92. The Balaban J connectivity index is 1.79. The minimum atomic E-state index is -0.220. The molecular formula is C13H22BNO2. The maximum Gasteiger partial charge on any atom is 0.490 e. The van der Waals surface area contributed by atoms with Crippen molar-refractivity contribution in [2.75, 3.05) is 0 Å². The highest BCUT2D eigenvalue weighted by Crippen LogP contribution is 2.40. The molecule has 0 aliphatic carbocycles. The number of hydrogen-bond acceptors (Lipinski definition) is 3. The van der Waals surface area contributed by atoms with Gasteiger partial charge in [-0.15, -0.1) is 0 Å². The third-order valence-electron chi connectivity index (χ3n) is 4.73. The third-order valence-corrected chi connectivity index (χ3v) is 4.73. The van der Waals surface area contributed by atoms with Gasteiger partial charge in [-0.2, -0.15) is 0 Å². The molecule has 3 heterocycles. The first-order valence-electron chi connectivity index (χ1n) is 6.70. The van der Waals surface area contributed by atoms with E-state index < -0.39 is 0 Å². The molecule has 3 aliphatic rings. The smallest absolute Gasteiger partial charge is 0.400 e. The van der Waals surface area contributed by atoms with Crippen LogP contribution in [-0.2, 0) is 9.31 Å². The van der Waals surface area contributed by atoms with Gasteiger partial charge in [-0.25, -0.2) is 0 Å². The first-order valence-corrected chi connectivity index (χ1v) is 6.70. The van der Waals surface area contributed by atoms with Gasteiger partial charge in [0.05, 0.1) is 11.2 Å². The molecule has 0 spiro atoms. The Morgan fingerprint density at radius 2 is 1.82 bits per heavy atom. The fraction of sp³-hybridized carbons (Fsp3) is 0.846. The first kappa shape index (κ1) is 11.8. The zero-order valence-corrected chi connectivity index (χ0v) is 11.2. The van der Waals surface area contributed by atoms with Gasteiger partial charge >= 0.3 is 7.12 Å². The van der Waals surface area contributed by atoms with E-state index in [0.29, 0.717) is 12.1 Å². The van der Waals surface area contributed by atoms with Crippen LogP contribution in [0.1, 0.15) is 47.0 Å². The quantitative estimate of drug-likeness (QED) is 0.706. The predicted molar refractivity (Wildman–Crippen MR) is 68.7 cm³/mol. The zero-order valence-electron chi connectivity index (χ0n) is 11.2. The van der Waals surface area contributed by atoms with Crippen molar-refractivity contribution < 1.29 is 9.31 Å². The molecule has 2 unspecified atom stereocenters. The van der Waals surface area contributed by atoms with E-state index >= 15 is 0 Å². The van der Waals surface area contributed by atoms with Gasteiger partial charge in [-0.1, -0.05) is 6.08 Å². The van der Waals surface area contributed by atoms with Crippen LogP contribution in [-0.4, -0.2) is 30.4 Å². The highest BCUT2D eigenvalue weighted by atomic mass is 16.7. The highest BCUT2D eigenvalue weighted by Gasteiger charge is 2.53. The molecule has 2 fully saturated rings. The maximum atomic E-state index is 6.11. The Kier molecular flexibility index (Phi) is 2.48. The van der Waals surface area contributed by atoms with Crippen molar-refractivity contribution in [3.63, 3.8) is 0 Å². The third kappa shape index (κ3) is 1.87. The molecule has 3 rings (SSSR count). The van der Waals surface area contributed by atoms with Crippen LogP contribution in [0.2, 0.25) is 0 Å². The van der Waals surface area contributed by atoms with E-state index in [4.69, 9.17) is 9.31 Å². The standard InChI is InChI=1S/C13H22BNO2/c1-12(2)13(3,4)17-14(16-12)9-7-10-5-6-11(8-9)15-10/h7,10-11,15H,5-6,8H2,1-4H3. The van der Waals surface area contributed by atoms with Crippen molar-refractivity contribution in [1.29, 1.82) is 0 Å². The molecule has 0 radical (unpaired) electrons. The topological polar surface area (TPSA) is 30.5 Å². The van der Waals surface area contributed by atoms with Gasteiger partial charge in [0, 0.05) is 12.1 Å². The molecule has 2 saturated heterocycles. The lowest BCUT2D eigenvalue weighted by molar-refractivity contribution is 0.00578. The van der Waals surface area contributed by atoms with Gasteiger partial charge in [0.25, 0.3) is 0 Å². The molecule has 2 bridgehead atoms. The molecule has 0 amide bonds. The van der Waals surface area contributed by atoms with E-state index in [-0.39, 0.29) is 18.3 Å². The molecule has 3 nitrogen and oxygen atoms in total. The van der Waals surface area contributed by atoms with Gasteiger partial charge in [0.1, 0.15) is 0 Å². The Hall–Kier alpha value is -0.315. The molecule has 0 aromatic carbocycles. The minimum absolute atomic E-state index is 0.134. The van der Waals surface area contributed by atoms with Gasteiger partial charge in [-0.3, -0.25) is 0 Å². The minimum Gasteiger partial charge on any atom is -0.400 e. The molecule has 0 aromatic rings. The first-order chi connectivity index (χ1) is 7.87.